The van der Waals surface area contributed by atoms with Gasteiger partial charge < -0.3 is 15.2 Å². The second-order valence-electron chi connectivity index (χ2n) is 4.28. The molecule has 1 aliphatic heterocycles. The minimum absolute atomic E-state index is 0.120. The second-order valence-corrected chi connectivity index (χ2v) is 6.75. The maximum absolute atomic E-state index is 11.2. The average molecular weight is 251 g/mol. The standard InChI is InChI=1S/C10H21NO4S/c1-3-16(13,14)7-5-11-8-10(12)4-6-15-9(10)2/h9,11-12H,3-8H2,1-2H3. The van der Waals surface area contributed by atoms with Crippen LogP contribution in [0.25, 0.3) is 0 Å². The van der Waals surface area contributed by atoms with Gasteiger partial charge in [0.1, 0.15) is 5.60 Å². The summed E-state index contributed by atoms with van der Waals surface area (Å²) in [5.74, 6) is 0.285. The Bertz CT molecular complexity index is 317. The maximum Gasteiger partial charge on any atom is 0.151 e. The van der Waals surface area contributed by atoms with Gasteiger partial charge in [-0.2, -0.15) is 0 Å². The molecule has 2 unspecified atom stereocenters. The second kappa shape index (κ2) is 5.44. The van der Waals surface area contributed by atoms with E-state index in [2.05, 4.69) is 5.32 Å². The molecule has 0 spiro atoms. The highest BCUT2D eigenvalue weighted by atomic mass is 32.2. The monoisotopic (exact) mass is 251 g/mol. The third kappa shape index (κ3) is 3.69. The quantitative estimate of drug-likeness (QED) is 0.625. The van der Waals surface area contributed by atoms with Crippen LogP contribution in [0.3, 0.4) is 0 Å². The SMILES string of the molecule is CCS(=O)(=O)CCNCC1(O)CCOC1C. The first-order valence-electron chi connectivity index (χ1n) is 5.65. The summed E-state index contributed by atoms with van der Waals surface area (Å²) in [5, 5.41) is 13.1. The van der Waals surface area contributed by atoms with Crippen molar-refractivity contribution in [1.82, 2.24) is 5.32 Å². The predicted octanol–water partition coefficient (Wildman–Crippen LogP) is -0.449. The first-order chi connectivity index (χ1) is 7.40. The summed E-state index contributed by atoms with van der Waals surface area (Å²) in [6.45, 7) is 4.79. The number of rotatable bonds is 6. The summed E-state index contributed by atoms with van der Waals surface area (Å²) in [5.41, 5.74) is -0.851. The van der Waals surface area contributed by atoms with Crippen LogP contribution < -0.4 is 5.32 Å². The largest absolute Gasteiger partial charge is 0.386 e. The van der Waals surface area contributed by atoms with E-state index >= 15 is 0 Å². The Kier molecular flexibility index (Phi) is 4.73. The third-order valence-electron chi connectivity index (χ3n) is 3.12. The van der Waals surface area contributed by atoms with Gasteiger partial charge in [0.25, 0.3) is 0 Å². The van der Waals surface area contributed by atoms with Gasteiger partial charge in [0.2, 0.25) is 0 Å². The van der Waals surface area contributed by atoms with E-state index < -0.39 is 15.4 Å². The van der Waals surface area contributed by atoms with Crippen LogP contribution in [-0.4, -0.2) is 56.4 Å². The van der Waals surface area contributed by atoms with Crippen molar-refractivity contribution in [3.63, 3.8) is 0 Å². The zero-order chi connectivity index (χ0) is 12.2. The Hall–Kier alpha value is -0.170. The molecule has 0 saturated carbocycles. The van der Waals surface area contributed by atoms with Crippen molar-refractivity contribution in [2.45, 2.75) is 32.0 Å². The van der Waals surface area contributed by atoms with Crippen molar-refractivity contribution in [2.75, 3.05) is 31.2 Å². The minimum atomic E-state index is -2.92. The predicted molar refractivity (Wildman–Crippen MR) is 62.2 cm³/mol. The molecule has 1 heterocycles. The Morgan fingerprint density at radius 3 is 2.75 bits per heavy atom. The normalized spacial score (nSPS) is 30.8. The molecule has 1 fully saturated rings. The van der Waals surface area contributed by atoms with Crippen LogP contribution in [0.4, 0.5) is 0 Å². The van der Waals surface area contributed by atoms with E-state index in [4.69, 9.17) is 4.74 Å². The minimum Gasteiger partial charge on any atom is -0.386 e. The summed E-state index contributed by atoms with van der Waals surface area (Å²) in [6.07, 6.45) is 0.407. The highest BCUT2D eigenvalue weighted by Crippen LogP contribution is 2.24. The molecule has 1 saturated heterocycles. The Morgan fingerprint density at radius 1 is 1.56 bits per heavy atom. The molecule has 0 aromatic carbocycles. The first-order valence-corrected chi connectivity index (χ1v) is 7.47. The van der Waals surface area contributed by atoms with Gasteiger partial charge in [-0.3, -0.25) is 0 Å². The van der Waals surface area contributed by atoms with Gasteiger partial charge in [-0.05, 0) is 6.92 Å². The molecule has 6 heteroatoms. The molecule has 0 aromatic rings. The van der Waals surface area contributed by atoms with Crippen molar-refractivity contribution >= 4 is 9.84 Å². The highest BCUT2D eigenvalue weighted by molar-refractivity contribution is 7.91. The van der Waals surface area contributed by atoms with Crippen molar-refractivity contribution in [1.29, 1.82) is 0 Å². The number of ether oxygens (including phenoxy) is 1. The summed E-state index contributed by atoms with van der Waals surface area (Å²) in [4.78, 5) is 0. The van der Waals surface area contributed by atoms with Crippen molar-refractivity contribution in [3.05, 3.63) is 0 Å². The van der Waals surface area contributed by atoms with Crippen LogP contribution in [0.5, 0.6) is 0 Å². The van der Waals surface area contributed by atoms with Crippen molar-refractivity contribution in [2.24, 2.45) is 0 Å². The lowest BCUT2D eigenvalue weighted by atomic mass is 9.97. The molecule has 2 N–H and O–H groups in total. The Balaban J connectivity index is 2.26. The summed E-state index contributed by atoms with van der Waals surface area (Å²) >= 11 is 0. The van der Waals surface area contributed by atoms with E-state index in [-0.39, 0.29) is 17.6 Å². The summed E-state index contributed by atoms with van der Waals surface area (Å²) < 4.78 is 27.7. The molecular formula is C10H21NO4S. The number of sulfone groups is 1. The fourth-order valence-corrected chi connectivity index (χ4v) is 2.42. The van der Waals surface area contributed by atoms with Crippen LogP contribution in [0.1, 0.15) is 20.3 Å². The number of hydrogen-bond acceptors (Lipinski definition) is 5. The van der Waals surface area contributed by atoms with Crippen LogP contribution in [0, 0.1) is 0 Å². The number of hydrogen-bond donors (Lipinski definition) is 2. The van der Waals surface area contributed by atoms with E-state index in [1.807, 2.05) is 6.92 Å². The van der Waals surface area contributed by atoms with Crippen molar-refractivity contribution in [3.8, 4) is 0 Å². The van der Waals surface area contributed by atoms with E-state index in [9.17, 15) is 13.5 Å². The third-order valence-corrected chi connectivity index (χ3v) is 4.83. The van der Waals surface area contributed by atoms with Crippen molar-refractivity contribution < 1.29 is 18.3 Å². The Labute approximate surface area is 97.1 Å². The zero-order valence-electron chi connectivity index (χ0n) is 9.90. The van der Waals surface area contributed by atoms with Gasteiger partial charge in [0, 0.05) is 31.9 Å². The van der Waals surface area contributed by atoms with E-state index in [0.717, 1.165) is 0 Å². The van der Waals surface area contributed by atoms with Crippen LogP contribution >= 0.6 is 0 Å². The molecule has 16 heavy (non-hydrogen) atoms. The fourth-order valence-electron chi connectivity index (χ4n) is 1.68. The molecular weight excluding hydrogens is 230 g/mol. The molecule has 96 valence electrons. The van der Waals surface area contributed by atoms with Gasteiger partial charge >= 0.3 is 0 Å². The van der Waals surface area contributed by atoms with Crippen LogP contribution in [0.2, 0.25) is 0 Å². The first kappa shape index (κ1) is 13.9. The molecule has 1 aliphatic rings. The molecule has 0 aliphatic carbocycles. The number of aliphatic hydroxyl groups is 1. The molecule has 0 radical (unpaired) electrons. The molecule has 5 nitrogen and oxygen atoms in total. The smallest absolute Gasteiger partial charge is 0.151 e. The molecule has 2 atom stereocenters. The topological polar surface area (TPSA) is 75.6 Å². The summed E-state index contributed by atoms with van der Waals surface area (Å²) in [6, 6.07) is 0. The van der Waals surface area contributed by atoms with Gasteiger partial charge in [0.15, 0.2) is 9.84 Å². The lowest BCUT2D eigenvalue weighted by Crippen LogP contribution is -2.46. The lowest BCUT2D eigenvalue weighted by molar-refractivity contribution is -0.0257. The fraction of sp³-hybridized carbons (Fsp3) is 1.00. The molecule has 1 rings (SSSR count). The van der Waals surface area contributed by atoms with Crippen LogP contribution in [0.15, 0.2) is 0 Å². The van der Waals surface area contributed by atoms with Gasteiger partial charge in [0.05, 0.1) is 11.9 Å². The molecule has 0 amide bonds. The summed E-state index contributed by atoms with van der Waals surface area (Å²) in [7, 11) is -2.92. The van der Waals surface area contributed by atoms with Gasteiger partial charge in [-0.15, -0.1) is 0 Å². The molecule has 0 bridgehead atoms. The number of nitrogens with one attached hydrogen (secondary N) is 1. The Morgan fingerprint density at radius 2 is 2.25 bits per heavy atom. The van der Waals surface area contributed by atoms with Gasteiger partial charge in [-0.1, -0.05) is 6.92 Å². The van der Waals surface area contributed by atoms with Gasteiger partial charge in [-0.25, -0.2) is 8.42 Å². The average Bonchev–Trinajstić information content (AvgIpc) is 2.55. The lowest BCUT2D eigenvalue weighted by Gasteiger charge is -2.26. The molecule has 0 aromatic heterocycles. The van der Waals surface area contributed by atoms with Crippen LogP contribution in [-0.2, 0) is 14.6 Å². The van der Waals surface area contributed by atoms with E-state index in [1.165, 1.54) is 0 Å². The highest BCUT2D eigenvalue weighted by Gasteiger charge is 2.38. The zero-order valence-corrected chi connectivity index (χ0v) is 10.7. The van der Waals surface area contributed by atoms with E-state index in [0.29, 0.717) is 26.1 Å². The van der Waals surface area contributed by atoms with E-state index in [1.54, 1.807) is 6.92 Å². The maximum atomic E-state index is 11.2.